The van der Waals surface area contributed by atoms with Gasteiger partial charge in [0.1, 0.15) is 0 Å². The fourth-order valence-corrected chi connectivity index (χ4v) is 0.906. The van der Waals surface area contributed by atoms with E-state index in [4.69, 9.17) is 5.26 Å². The Hall–Kier alpha value is -1.08. The lowest BCUT2D eigenvalue weighted by Gasteiger charge is -2.18. The zero-order valence-corrected chi connectivity index (χ0v) is 8.50. The molecule has 1 N–H and O–H groups in total. The topological polar surface area (TPSA) is 56.1 Å². The quantitative estimate of drug-likeness (QED) is 0.669. The third-order valence-corrected chi connectivity index (χ3v) is 2.04. The number of hydrogen-bond donors (Lipinski definition) is 1. The Morgan fingerprint density at radius 3 is 2.77 bits per heavy atom. The molecule has 1 atom stereocenters. The number of carbonyl (C=O) groups is 1. The van der Waals surface area contributed by atoms with Crippen LogP contribution in [0.2, 0.25) is 0 Å². The van der Waals surface area contributed by atoms with Gasteiger partial charge in [-0.2, -0.15) is 5.26 Å². The Morgan fingerprint density at radius 2 is 2.31 bits per heavy atom. The molecule has 0 fully saturated rings. The molecule has 0 spiro atoms. The molecule has 0 aliphatic rings. The van der Waals surface area contributed by atoms with Crippen molar-refractivity contribution in [3.8, 4) is 6.07 Å². The SMILES string of the molecule is CNC(=O)CCCN(C)C(C)C#N. The number of rotatable bonds is 5. The molecule has 0 saturated heterocycles. The van der Waals surface area contributed by atoms with E-state index in [0.717, 1.165) is 13.0 Å². The maximum absolute atomic E-state index is 10.8. The molecule has 1 amide bonds. The zero-order chi connectivity index (χ0) is 10.3. The van der Waals surface area contributed by atoms with Gasteiger partial charge >= 0.3 is 0 Å². The van der Waals surface area contributed by atoms with Crippen LogP contribution in [0.15, 0.2) is 0 Å². The maximum atomic E-state index is 10.8. The summed E-state index contributed by atoms with van der Waals surface area (Å²) in [4.78, 5) is 12.8. The monoisotopic (exact) mass is 183 g/mol. The predicted molar refractivity (Wildman–Crippen MR) is 51.0 cm³/mol. The van der Waals surface area contributed by atoms with Gasteiger partial charge < -0.3 is 5.32 Å². The van der Waals surface area contributed by atoms with Crippen molar-refractivity contribution in [3.05, 3.63) is 0 Å². The van der Waals surface area contributed by atoms with Gasteiger partial charge in [0, 0.05) is 13.5 Å². The molecule has 13 heavy (non-hydrogen) atoms. The summed E-state index contributed by atoms with van der Waals surface area (Å²) in [5, 5.41) is 11.1. The van der Waals surface area contributed by atoms with Gasteiger partial charge in [0.05, 0.1) is 12.1 Å². The third kappa shape index (κ3) is 5.21. The van der Waals surface area contributed by atoms with Crippen LogP contribution in [0.3, 0.4) is 0 Å². The van der Waals surface area contributed by atoms with Crippen molar-refractivity contribution in [1.29, 1.82) is 5.26 Å². The number of amides is 1. The molecule has 74 valence electrons. The molecule has 0 saturated carbocycles. The summed E-state index contributed by atoms with van der Waals surface area (Å²) in [7, 11) is 3.52. The van der Waals surface area contributed by atoms with Gasteiger partial charge in [-0.1, -0.05) is 0 Å². The van der Waals surface area contributed by atoms with Crippen molar-refractivity contribution in [1.82, 2.24) is 10.2 Å². The van der Waals surface area contributed by atoms with E-state index in [0.29, 0.717) is 6.42 Å². The van der Waals surface area contributed by atoms with Crippen LogP contribution >= 0.6 is 0 Å². The number of nitriles is 1. The van der Waals surface area contributed by atoms with Crippen LogP contribution in [0.4, 0.5) is 0 Å². The molecule has 4 heteroatoms. The van der Waals surface area contributed by atoms with Crippen molar-refractivity contribution in [3.63, 3.8) is 0 Å². The van der Waals surface area contributed by atoms with E-state index in [9.17, 15) is 4.79 Å². The van der Waals surface area contributed by atoms with Crippen molar-refractivity contribution in [2.24, 2.45) is 0 Å². The Labute approximate surface area is 79.5 Å². The van der Waals surface area contributed by atoms with Gasteiger partial charge in [-0.15, -0.1) is 0 Å². The summed E-state index contributed by atoms with van der Waals surface area (Å²) in [5.41, 5.74) is 0. The van der Waals surface area contributed by atoms with Crippen LogP contribution in [0.5, 0.6) is 0 Å². The highest BCUT2D eigenvalue weighted by atomic mass is 16.1. The summed E-state index contributed by atoms with van der Waals surface area (Å²) >= 11 is 0. The Morgan fingerprint density at radius 1 is 1.69 bits per heavy atom. The Balaban J connectivity index is 3.54. The highest BCUT2D eigenvalue weighted by molar-refractivity contribution is 5.75. The van der Waals surface area contributed by atoms with E-state index in [-0.39, 0.29) is 11.9 Å². The molecule has 4 nitrogen and oxygen atoms in total. The average molecular weight is 183 g/mol. The summed E-state index contributed by atoms with van der Waals surface area (Å²) < 4.78 is 0. The molecule has 0 radical (unpaired) electrons. The van der Waals surface area contributed by atoms with Gasteiger partial charge in [-0.3, -0.25) is 9.69 Å². The number of carbonyl (C=O) groups excluding carboxylic acids is 1. The average Bonchev–Trinajstić information content (AvgIpc) is 2.15. The first-order valence-electron chi connectivity index (χ1n) is 4.42. The van der Waals surface area contributed by atoms with E-state index >= 15 is 0 Å². The molecule has 0 bridgehead atoms. The maximum Gasteiger partial charge on any atom is 0.219 e. The van der Waals surface area contributed by atoms with Crippen molar-refractivity contribution >= 4 is 5.91 Å². The van der Waals surface area contributed by atoms with Crippen LogP contribution in [0.25, 0.3) is 0 Å². The first kappa shape index (κ1) is 11.9. The lowest BCUT2D eigenvalue weighted by molar-refractivity contribution is -0.120. The van der Waals surface area contributed by atoms with Gasteiger partial charge in [0.15, 0.2) is 0 Å². The lowest BCUT2D eigenvalue weighted by atomic mass is 10.2. The molecule has 0 aromatic heterocycles. The minimum Gasteiger partial charge on any atom is -0.359 e. The fourth-order valence-electron chi connectivity index (χ4n) is 0.906. The summed E-state index contributed by atoms with van der Waals surface area (Å²) in [5.74, 6) is 0.0537. The van der Waals surface area contributed by atoms with E-state index in [2.05, 4.69) is 11.4 Å². The third-order valence-electron chi connectivity index (χ3n) is 2.04. The van der Waals surface area contributed by atoms with Crippen molar-refractivity contribution in [2.75, 3.05) is 20.6 Å². The summed E-state index contributed by atoms with van der Waals surface area (Å²) in [6, 6.07) is 2.06. The molecule has 0 heterocycles. The molecular formula is C9H17N3O. The summed E-state index contributed by atoms with van der Waals surface area (Å²) in [6.07, 6.45) is 1.32. The highest BCUT2D eigenvalue weighted by Gasteiger charge is 2.07. The van der Waals surface area contributed by atoms with Gasteiger partial charge in [0.25, 0.3) is 0 Å². The molecule has 1 unspecified atom stereocenters. The standard InChI is InChI=1S/C9H17N3O/c1-8(7-10)12(3)6-4-5-9(13)11-2/h8H,4-6H2,1-3H3,(H,11,13). The highest BCUT2D eigenvalue weighted by Crippen LogP contribution is 1.97. The molecular weight excluding hydrogens is 166 g/mol. The predicted octanol–water partition coefficient (Wildman–Crippen LogP) is 0.356. The van der Waals surface area contributed by atoms with Gasteiger partial charge in [-0.05, 0) is 26.9 Å². The second-order valence-electron chi connectivity index (χ2n) is 3.06. The van der Waals surface area contributed by atoms with Crippen molar-refractivity contribution < 1.29 is 4.79 Å². The first-order chi connectivity index (χ1) is 6.11. The van der Waals surface area contributed by atoms with Crippen LogP contribution in [0.1, 0.15) is 19.8 Å². The zero-order valence-electron chi connectivity index (χ0n) is 8.50. The molecule has 0 aliphatic heterocycles. The fraction of sp³-hybridized carbons (Fsp3) is 0.778. The van der Waals surface area contributed by atoms with Crippen LogP contribution in [-0.4, -0.2) is 37.5 Å². The minimum absolute atomic E-state index is 0.0537. The van der Waals surface area contributed by atoms with E-state index in [1.165, 1.54) is 0 Å². The molecule has 0 aromatic rings. The normalized spacial score (nSPS) is 12.2. The molecule has 0 rings (SSSR count). The molecule has 0 aliphatic carbocycles. The van der Waals surface area contributed by atoms with E-state index in [1.807, 2.05) is 18.9 Å². The van der Waals surface area contributed by atoms with Crippen LogP contribution < -0.4 is 5.32 Å². The van der Waals surface area contributed by atoms with Gasteiger partial charge in [-0.25, -0.2) is 0 Å². The summed E-state index contributed by atoms with van der Waals surface area (Å²) in [6.45, 7) is 2.63. The Bertz CT molecular complexity index is 198. The van der Waals surface area contributed by atoms with E-state index in [1.54, 1.807) is 7.05 Å². The first-order valence-corrected chi connectivity index (χ1v) is 4.42. The second-order valence-corrected chi connectivity index (χ2v) is 3.06. The molecule has 0 aromatic carbocycles. The Kier molecular flexibility index (Phi) is 5.90. The van der Waals surface area contributed by atoms with Gasteiger partial charge in [0.2, 0.25) is 5.91 Å². The largest absolute Gasteiger partial charge is 0.359 e. The number of hydrogen-bond acceptors (Lipinski definition) is 3. The van der Waals surface area contributed by atoms with Crippen LogP contribution in [0, 0.1) is 11.3 Å². The lowest BCUT2D eigenvalue weighted by Crippen LogP contribution is -2.29. The smallest absolute Gasteiger partial charge is 0.219 e. The van der Waals surface area contributed by atoms with E-state index < -0.39 is 0 Å². The number of nitrogens with one attached hydrogen (secondary N) is 1. The van der Waals surface area contributed by atoms with Crippen molar-refractivity contribution in [2.45, 2.75) is 25.8 Å². The second kappa shape index (κ2) is 6.44. The number of nitrogens with zero attached hydrogens (tertiary/aromatic N) is 2. The van der Waals surface area contributed by atoms with Crippen LogP contribution in [-0.2, 0) is 4.79 Å². The minimum atomic E-state index is -0.0790.